The summed E-state index contributed by atoms with van der Waals surface area (Å²) in [7, 11) is 0. The van der Waals surface area contributed by atoms with Crippen molar-refractivity contribution in [2.75, 3.05) is 5.75 Å². The first-order chi connectivity index (χ1) is 11.0. The number of hydrogen-bond donors (Lipinski definition) is 0. The third-order valence-electron chi connectivity index (χ3n) is 2.90. The lowest BCUT2D eigenvalue weighted by Gasteiger charge is -2.02. The maximum Gasteiger partial charge on any atom is 0.205 e. The van der Waals surface area contributed by atoms with Crippen LogP contribution < -0.4 is 0 Å². The van der Waals surface area contributed by atoms with Crippen molar-refractivity contribution in [2.45, 2.75) is 0 Å². The summed E-state index contributed by atoms with van der Waals surface area (Å²) in [5.74, 6) is -1.13. The maximum absolute atomic E-state index is 12.7. The van der Waals surface area contributed by atoms with E-state index in [1.807, 2.05) is 0 Å². The zero-order valence-corrected chi connectivity index (χ0v) is 12.9. The molecule has 0 saturated heterocycles. The Morgan fingerprint density at radius 1 is 0.913 bits per heavy atom. The second-order valence-electron chi connectivity index (χ2n) is 4.73. The zero-order valence-electron chi connectivity index (χ0n) is 12.1. The van der Waals surface area contributed by atoms with Crippen molar-refractivity contribution in [3.8, 4) is 0 Å². The predicted molar refractivity (Wildman–Crippen MR) is 88.9 cm³/mol. The number of ketones is 1. The average molecular weight is 332 g/mol. The highest BCUT2D eigenvalue weighted by Gasteiger charge is 2.07. The third-order valence-corrected chi connectivity index (χ3v) is 3.91. The van der Waals surface area contributed by atoms with Gasteiger partial charge in [-0.25, -0.2) is 8.78 Å². The molecule has 0 bridgehead atoms. The zero-order chi connectivity index (χ0) is 16.7. The SMILES string of the molecule is O=C(/C=C/c1ccc(F)cc1)C[S+]([O-])C=Cc1ccc(F)cc1. The average Bonchev–Trinajstić information content (AvgIpc) is 2.54. The van der Waals surface area contributed by atoms with Gasteiger partial charge in [-0.15, -0.1) is 0 Å². The highest BCUT2D eigenvalue weighted by Crippen LogP contribution is 2.08. The molecule has 2 aromatic rings. The van der Waals surface area contributed by atoms with Crippen molar-refractivity contribution in [3.05, 3.63) is 82.8 Å². The van der Waals surface area contributed by atoms with Crippen LogP contribution in [0.2, 0.25) is 0 Å². The molecule has 118 valence electrons. The lowest BCUT2D eigenvalue weighted by Crippen LogP contribution is -2.11. The van der Waals surface area contributed by atoms with Crippen LogP contribution in [0.3, 0.4) is 0 Å². The Hall–Kier alpha value is -2.24. The highest BCUT2D eigenvalue weighted by molar-refractivity contribution is 7.95. The van der Waals surface area contributed by atoms with Gasteiger partial charge in [0.15, 0.2) is 5.75 Å². The molecule has 2 aromatic carbocycles. The van der Waals surface area contributed by atoms with Gasteiger partial charge in [0.2, 0.25) is 5.78 Å². The van der Waals surface area contributed by atoms with Gasteiger partial charge in [-0.05, 0) is 58.7 Å². The number of carbonyl (C=O) groups is 1. The quantitative estimate of drug-likeness (QED) is 0.593. The van der Waals surface area contributed by atoms with E-state index in [2.05, 4.69) is 0 Å². The van der Waals surface area contributed by atoms with E-state index in [0.717, 1.165) is 0 Å². The standard InChI is InChI=1S/C18H14F2O2S/c19-16-6-1-14(2-7-16)5-10-18(21)13-23(22)12-11-15-3-8-17(20)9-4-15/h1-12H,13H2/b10-5+,12-11?. The van der Waals surface area contributed by atoms with Gasteiger partial charge in [-0.2, -0.15) is 0 Å². The lowest BCUT2D eigenvalue weighted by molar-refractivity contribution is -0.112. The molecule has 23 heavy (non-hydrogen) atoms. The van der Waals surface area contributed by atoms with E-state index in [1.165, 1.54) is 35.7 Å². The molecule has 0 saturated carbocycles. The third kappa shape index (κ3) is 6.18. The fraction of sp³-hybridized carbons (Fsp3) is 0.0556. The van der Waals surface area contributed by atoms with E-state index in [4.69, 9.17) is 0 Å². The number of carbonyl (C=O) groups excluding carboxylic acids is 1. The second kappa shape index (κ2) is 8.41. The Kier molecular flexibility index (Phi) is 6.26. The minimum Gasteiger partial charge on any atom is -0.612 e. The van der Waals surface area contributed by atoms with Crippen molar-refractivity contribution in [3.63, 3.8) is 0 Å². The van der Waals surface area contributed by atoms with Gasteiger partial charge < -0.3 is 4.55 Å². The number of rotatable bonds is 6. The molecule has 1 atom stereocenters. The molecule has 2 rings (SSSR count). The van der Waals surface area contributed by atoms with Crippen LogP contribution in [0.15, 0.2) is 60.0 Å². The van der Waals surface area contributed by atoms with Crippen molar-refractivity contribution in [1.29, 1.82) is 0 Å². The summed E-state index contributed by atoms with van der Waals surface area (Å²) >= 11 is -1.45. The maximum atomic E-state index is 12.7. The molecule has 0 aromatic heterocycles. The first-order valence-electron chi connectivity index (χ1n) is 6.80. The van der Waals surface area contributed by atoms with Crippen LogP contribution in [-0.2, 0) is 16.0 Å². The van der Waals surface area contributed by atoms with Crippen molar-refractivity contribution in [2.24, 2.45) is 0 Å². The smallest absolute Gasteiger partial charge is 0.205 e. The van der Waals surface area contributed by atoms with E-state index in [-0.39, 0.29) is 23.2 Å². The lowest BCUT2D eigenvalue weighted by atomic mass is 10.2. The molecule has 5 heteroatoms. The van der Waals surface area contributed by atoms with Gasteiger partial charge in [0.25, 0.3) is 0 Å². The van der Waals surface area contributed by atoms with Gasteiger partial charge in [0, 0.05) is 0 Å². The Labute approximate surface area is 136 Å². The van der Waals surface area contributed by atoms with Crippen molar-refractivity contribution >= 4 is 29.1 Å². The fourth-order valence-corrected chi connectivity index (χ4v) is 2.51. The number of allylic oxidation sites excluding steroid dienone is 1. The summed E-state index contributed by atoms with van der Waals surface area (Å²) in [4.78, 5) is 11.7. The van der Waals surface area contributed by atoms with Gasteiger partial charge in [-0.3, -0.25) is 4.79 Å². The Balaban J connectivity index is 1.86. The first-order valence-corrected chi connectivity index (χ1v) is 8.18. The summed E-state index contributed by atoms with van der Waals surface area (Å²) in [5, 5.41) is 1.40. The van der Waals surface area contributed by atoms with Crippen LogP contribution >= 0.6 is 0 Å². The van der Waals surface area contributed by atoms with Gasteiger partial charge in [0.1, 0.15) is 17.0 Å². The van der Waals surface area contributed by atoms with Crippen molar-refractivity contribution in [1.82, 2.24) is 0 Å². The molecule has 0 aliphatic rings. The molecule has 0 spiro atoms. The summed E-state index contributed by atoms with van der Waals surface area (Å²) in [6, 6.07) is 11.4. The van der Waals surface area contributed by atoms with E-state index >= 15 is 0 Å². The van der Waals surface area contributed by atoms with Crippen LogP contribution in [0.4, 0.5) is 8.78 Å². The fourth-order valence-electron chi connectivity index (χ4n) is 1.73. The minimum absolute atomic E-state index is 0.143. The Morgan fingerprint density at radius 2 is 1.39 bits per heavy atom. The summed E-state index contributed by atoms with van der Waals surface area (Å²) in [6.07, 6.45) is 4.44. The molecular formula is C18H14F2O2S. The second-order valence-corrected chi connectivity index (χ2v) is 6.05. The molecule has 2 nitrogen and oxygen atoms in total. The summed E-state index contributed by atoms with van der Waals surface area (Å²) in [6.45, 7) is 0. The highest BCUT2D eigenvalue weighted by atomic mass is 32.2. The summed E-state index contributed by atoms with van der Waals surface area (Å²) in [5.41, 5.74) is 1.39. The van der Waals surface area contributed by atoms with Crippen molar-refractivity contribution < 1.29 is 18.1 Å². The number of halogens is 2. The Morgan fingerprint density at radius 3 is 1.91 bits per heavy atom. The van der Waals surface area contributed by atoms with Gasteiger partial charge >= 0.3 is 0 Å². The summed E-state index contributed by atoms with van der Waals surface area (Å²) < 4.78 is 37.3. The van der Waals surface area contributed by atoms with Crippen LogP contribution in [0.1, 0.15) is 11.1 Å². The molecule has 0 radical (unpaired) electrons. The first kappa shape index (κ1) is 17.1. The molecule has 0 amide bonds. The van der Waals surface area contributed by atoms with Crippen LogP contribution in [0.25, 0.3) is 12.2 Å². The normalized spacial score (nSPS) is 12.8. The van der Waals surface area contributed by atoms with E-state index in [0.29, 0.717) is 11.1 Å². The molecule has 0 aliphatic carbocycles. The molecule has 0 heterocycles. The van der Waals surface area contributed by atoms with E-state index < -0.39 is 11.2 Å². The number of benzene rings is 2. The van der Waals surface area contributed by atoms with Crippen LogP contribution in [-0.4, -0.2) is 16.1 Å². The van der Waals surface area contributed by atoms with Crippen LogP contribution in [0, 0.1) is 11.6 Å². The van der Waals surface area contributed by atoms with Crippen LogP contribution in [0.5, 0.6) is 0 Å². The van der Waals surface area contributed by atoms with E-state index in [1.54, 1.807) is 36.4 Å². The van der Waals surface area contributed by atoms with Gasteiger partial charge in [0.05, 0.1) is 0 Å². The largest absolute Gasteiger partial charge is 0.612 e. The topological polar surface area (TPSA) is 40.1 Å². The monoisotopic (exact) mass is 332 g/mol. The molecule has 0 fully saturated rings. The minimum atomic E-state index is -1.45. The molecule has 0 aliphatic heterocycles. The number of hydrogen-bond acceptors (Lipinski definition) is 2. The molecule has 0 N–H and O–H groups in total. The van der Waals surface area contributed by atoms with Gasteiger partial charge in [-0.1, -0.05) is 30.3 Å². The predicted octanol–water partition coefficient (Wildman–Crippen LogP) is 3.97. The molecule has 1 unspecified atom stereocenters. The van der Waals surface area contributed by atoms with E-state index in [9.17, 15) is 18.1 Å². The molecular weight excluding hydrogens is 318 g/mol. The Bertz CT molecular complexity index is 707.